The first kappa shape index (κ1) is 19.4. The molecule has 2 rings (SSSR count). The lowest BCUT2D eigenvalue weighted by Crippen LogP contribution is -2.34. The van der Waals surface area contributed by atoms with Crippen molar-refractivity contribution in [2.24, 2.45) is 0 Å². The molecule has 0 aliphatic carbocycles. The zero-order valence-electron chi connectivity index (χ0n) is 14.2. The summed E-state index contributed by atoms with van der Waals surface area (Å²) in [6.45, 7) is 2.38. The number of terminal acetylenes is 1. The number of carbonyl (C=O) groups is 1. The maximum Gasteiger partial charge on any atom is 0.261 e. The summed E-state index contributed by atoms with van der Waals surface area (Å²) in [6, 6.07) is 8.72. The smallest absolute Gasteiger partial charge is 0.261 e. The first-order valence-corrected chi connectivity index (χ1v) is 8.61. The van der Waals surface area contributed by atoms with Gasteiger partial charge in [-0.15, -0.1) is 6.42 Å². The molecule has 1 heterocycles. The molecule has 0 aliphatic heterocycles. The van der Waals surface area contributed by atoms with Crippen LogP contribution in [0.15, 0.2) is 39.4 Å². The quantitative estimate of drug-likeness (QED) is 0.616. The fourth-order valence-electron chi connectivity index (χ4n) is 2.19. The van der Waals surface area contributed by atoms with Crippen LogP contribution in [0.4, 0.5) is 0 Å². The van der Waals surface area contributed by atoms with Gasteiger partial charge in [0.25, 0.3) is 5.91 Å². The van der Waals surface area contributed by atoms with Gasteiger partial charge in [0.2, 0.25) is 0 Å². The van der Waals surface area contributed by atoms with E-state index in [1.54, 1.807) is 24.3 Å². The van der Waals surface area contributed by atoms with Crippen LogP contribution >= 0.6 is 15.9 Å². The minimum Gasteiger partial charge on any atom is -0.490 e. The van der Waals surface area contributed by atoms with Crippen LogP contribution in [0.5, 0.6) is 11.5 Å². The molecule has 2 aromatic rings. The number of halogens is 1. The van der Waals surface area contributed by atoms with Gasteiger partial charge < -0.3 is 18.8 Å². The number of amides is 1. The first-order chi connectivity index (χ1) is 12.6. The average molecular weight is 417 g/mol. The van der Waals surface area contributed by atoms with Crippen LogP contribution < -0.4 is 9.47 Å². The second-order valence-corrected chi connectivity index (χ2v) is 6.01. The lowest BCUT2D eigenvalue weighted by molar-refractivity contribution is -0.133. The zero-order chi connectivity index (χ0) is 18.9. The van der Waals surface area contributed by atoms with Crippen molar-refractivity contribution in [1.82, 2.24) is 4.90 Å². The minimum atomic E-state index is -0.293. The Morgan fingerprint density at radius 3 is 2.85 bits per heavy atom. The SMILES string of the molecule is C#CCN(Cc1ccco1)C(=O)COc1c(Br)cc(C#N)cc1OCC. The van der Waals surface area contributed by atoms with E-state index in [-0.39, 0.29) is 25.6 Å². The van der Waals surface area contributed by atoms with Crippen LogP contribution in [0.2, 0.25) is 0 Å². The monoisotopic (exact) mass is 416 g/mol. The summed E-state index contributed by atoms with van der Waals surface area (Å²) < 4.78 is 17.0. The van der Waals surface area contributed by atoms with E-state index in [0.29, 0.717) is 33.9 Å². The Labute approximate surface area is 160 Å². The Bertz CT molecular complexity index is 834. The van der Waals surface area contributed by atoms with E-state index in [1.165, 1.54) is 11.2 Å². The second kappa shape index (κ2) is 9.55. The van der Waals surface area contributed by atoms with Gasteiger partial charge in [-0.05, 0) is 41.1 Å². The Morgan fingerprint density at radius 2 is 2.23 bits per heavy atom. The molecule has 0 bridgehead atoms. The van der Waals surface area contributed by atoms with Gasteiger partial charge in [-0.3, -0.25) is 4.79 Å². The topological polar surface area (TPSA) is 75.7 Å². The Hall–Kier alpha value is -2.90. The molecule has 134 valence electrons. The predicted molar refractivity (Wildman–Crippen MR) is 98.5 cm³/mol. The van der Waals surface area contributed by atoms with Crippen molar-refractivity contribution < 1.29 is 18.7 Å². The highest BCUT2D eigenvalue weighted by Gasteiger charge is 2.18. The summed E-state index contributed by atoms with van der Waals surface area (Å²) in [6.07, 6.45) is 6.88. The lowest BCUT2D eigenvalue weighted by Gasteiger charge is -2.20. The van der Waals surface area contributed by atoms with Gasteiger partial charge >= 0.3 is 0 Å². The van der Waals surface area contributed by atoms with E-state index >= 15 is 0 Å². The van der Waals surface area contributed by atoms with Crippen LogP contribution in [0.1, 0.15) is 18.2 Å². The highest BCUT2D eigenvalue weighted by molar-refractivity contribution is 9.10. The molecule has 0 saturated heterocycles. The molecule has 0 radical (unpaired) electrons. The number of nitrogens with zero attached hydrogens (tertiary/aromatic N) is 2. The third-order valence-electron chi connectivity index (χ3n) is 3.34. The minimum absolute atomic E-state index is 0.135. The molecule has 0 saturated carbocycles. The number of ether oxygens (including phenoxy) is 2. The highest BCUT2D eigenvalue weighted by atomic mass is 79.9. The van der Waals surface area contributed by atoms with Crippen LogP contribution in [0, 0.1) is 23.7 Å². The number of furan rings is 1. The normalized spacial score (nSPS) is 9.85. The molecule has 0 atom stereocenters. The summed E-state index contributed by atoms with van der Waals surface area (Å²) in [5.74, 6) is 3.54. The Balaban J connectivity index is 2.12. The van der Waals surface area contributed by atoms with Crippen molar-refractivity contribution in [3.05, 3.63) is 46.3 Å². The molecule has 1 aromatic heterocycles. The largest absolute Gasteiger partial charge is 0.490 e. The highest BCUT2D eigenvalue weighted by Crippen LogP contribution is 2.36. The van der Waals surface area contributed by atoms with E-state index < -0.39 is 0 Å². The standard InChI is InChI=1S/C19H17BrN2O4/c1-3-7-22(12-15-6-5-8-25-15)18(23)13-26-19-16(20)9-14(11-21)10-17(19)24-4-2/h1,5-6,8-10H,4,7,12-13H2,2H3. The summed E-state index contributed by atoms with van der Waals surface area (Å²) in [4.78, 5) is 13.9. The maximum atomic E-state index is 12.5. The molecule has 7 heteroatoms. The van der Waals surface area contributed by atoms with Gasteiger partial charge in [0.1, 0.15) is 5.76 Å². The molecule has 0 spiro atoms. The maximum absolute atomic E-state index is 12.5. The molecular formula is C19H17BrN2O4. The van der Waals surface area contributed by atoms with Crippen LogP contribution in [0.3, 0.4) is 0 Å². The predicted octanol–water partition coefficient (Wildman–Crippen LogP) is 3.35. The van der Waals surface area contributed by atoms with Crippen molar-refractivity contribution in [2.75, 3.05) is 19.8 Å². The van der Waals surface area contributed by atoms with Gasteiger partial charge in [-0.1, -0.05) is 5.92 Å². The molecule has 0 fully saturated rings. The van der Waals surface area contributed by atoms with Gasteiger partial charge in [0, 0.05) is 6.07 Å². The lowest BCUT2D eigenvalue weighted by atomic mass is 10.2. The Morgan fingerprint density at radius 1 is 1.42 bits per heavy atom. The fraction of sp³-hybridized carbons (Fsp3) is 0.263. The number of rotatable bonds is 8. The van der Waals surface area contributed by atoms with Crippen molar-refractivity contribution in [2.45, 2.75) is 13.5 Å². The van der Waals surface area contributed by atoms with Crippen LogP contribution in [0.25, 0.3) is 0 Å². The number of hydrogen-bond acceptors (Lipinski definition) is 5. The van der Waals surface area contributed by atoms with Crippen molar-refractivity contribution in [3.8, 4) is 29.9 Å². The molecule has 1 amide bonds. The van der Waals surface area contributed by atoms with E-state index in [4.69, 9.17) is 25.6 Å². The molecule has 0 unspecified atom stereocenters. The molecule has 0 N–H and O–H groups in total. The number of benzene rings is 1. The molecule has 0 aliphatic rings. The first-order valence-electron chi connectivity index (χ1n) is 7.81. The van der Waals surface area contributed by atoms with Gasteiger partial charge in [0.15, 0.2) is 18.1 Å². The Kier molecular flexibility index (Phi) is 7.13. The van der Waals surface area contributed by atoms with E-state index in [9.17, 15) is 4.79 Å². The zero-order valence-corrected chi connectivity index (χ0v) is 15.8. The van der Waals surface area contributed by atoms with Crippen LogP contribution in [-0.2, 0) is 11.3 Å². The summed E-state index contributed by atoms with van der Waals surface area (Å²) in [5.41, 5.74) is 0.422. The summed E-state index contributed by atoms with van der Waals surface area (Å²) >= 11 is 3.35. The van der Waals surface area contributed by atoms with Crippen molar-refractivity contribution >= 4 is 21.8 Å². The summed E-state index contributed by atoms with van der Waals surface area (Å²) in [7, 11) is 0. The number of hydrogen-bond donors (Lipinski definition) is 0. The fourth-order valence-corrected chi connectivity index (χ4v) is 2.75. The van der Waals surface area contributed by atoms with Crippen molar-refractivity contribution in [1.29, 1.82) is 5.26 Å². The molecule has 1 aromatic carbocycles. The van der Waals surface area contributed by atoms with Crippen LogP contribution in [-0.4, -0.2) is 30.6 Å². The van der Waals surface area contributed by atoms with E-state index in [2.05, 4.69) is 21.9 Å². The van der Waals surface area contributed by atoms with E-state index in [1.807, 2.05) is 13.0 Å². The van der Waals surface area contributed by atoms with Gasteiger partial charge in [0.05, 0.1) is 42.1 Å². The molecule has 26 heavy (non-hydrogen) atoms. The van der Waals surface area contributed by atoms with E-state index in [0.717, 1.165) is 0 Å². The third-order valence-corrected chi connectivity index (χ3v) is 3.93. The molecular weight excluding hydrogens is 400 g/mol. The second-order valence-electron chi connectivity index (χ2n) is 5.15. The van der Waals surface area contributed by atoms with Crippen molar-refractivity contribution in [3.63, 3.8) is 0 Å². The average Bonchev–Trinajstić information content (AvgIpc) is 3.13. The van der Waals surface area contributed by atoms with Gasteiger partial charge in [-0.25, -0.2) is 0 Å². The number of carbonyl (C=O) groups excluding carboxylic acids is 1. The summed E-state index contributed by atoms with van der Waals surface area (Å²) in [5, 5.41) is 9.06. The molecule has 6 nitrogen and oxygen atoms in total. The number of nitriles is 1. The third kappa shape index (κ3) is 5.05. The van der Waals surface area contributed by atoms with Gasteiger partial charge in [-0.2, -0.15) is 5.26 Å².